The molecule has 0 saturated heterocycles. The van der Waals surface area contributed by atoms with E-state index in [-0.39, 0.29) is 11.8 Å². The summed E-state index contributed by atoms with van der Waals surface area (Å²) in [5.41, 5.74) is 1.25. The van der Waals surface area contributed by atoms with Crippen molar-refractivity contribution in [2.45, 2.75) is 6.92 Å². The minimum atomic E-state index is -0.116. The van der Waals surface area contributed by atoms with Gasteiger partial charge in [-0.3, -0.25) is 9.59 Å². The van der Waals surface area contributed by atoms with Gasteiger partial charge in [-0.2, -0.15) is 0 Å². The Labute approximate surface area is 87.9 Å². The van der Waals surface area contributed by atoms with Crippen molar-refractivity contribution >= 4 is 17.5 Å². The smallest absolute Gasteiger partial charge is 0.253 e. The fourth-order valence-corrected chi connectivity index (χ4v) is 1.73. The number of anilines is 1. The number of benzene rings is 1. The number of hydrogen-bond donors (Lipinski definition) is 1. The van der Waals surface area contributed by atoms with Crippen LogP contribution in [0.3, 0.4) is 0 Å². The number of carbonyl (C=O) groups is 2. The summed E-state index contributed by atoms with van der Waals surface area (Å²) < 4.78 is 0. The van der Waals surface area contributed by atoms with E-state index >= 15 is 0 Å². The van der Waals surface area contributed by atoms with Gasteiger partial charge in [-0.15, -0.1) is 0 Å². The first-order valence-corrected chi connectivity index (χ1v) is 4.85. The molecule has 0 saturated carbocycles. The number of rotatable bonds is 0. The summed E-state index contributed by atoms with van der Waals surface area (Å²) >= 11 is 0. The summed E-state index contributed by atoms with van der Waals surface area (Å²) in [6.07, 6.45) is 0. The van der Waals surface area contributed by atoms with Crippen molar-refractivity contribution in [1.29, 1.82) is 0 Å². The molecule has 1 aliphatic heterocycles. The molecule has 0 bridgehead atoms. The summed E-state index contributed by atoms with van der Waals surface area (Å²) in [5, 5.41) is 2.75. The second kappa shape index (κ2) is 3.73. The van der Waals surface area contributed by atoms with Crippen molar-refractivity contribution in [3.8, 4) is 0 Å². The van der Waals surface area contributed by atoms with Gasteiger partial charge in [0.1, 0.15) is 0 Å². The fourth-order valence-electron chi connectivity index (χ4n) is 1.73. The van der Waals surface area contributed by atoms with Gasteiger partial charge in [0.15, 0.2) is 0 Å². The molecule has 1 aliphatic rings. The lowest BCUT2D eigenvalue weighted by atomic mass is 10.1. The van der Waals surface area contributed by atoms with Gasteiger partial charge in [0.05, 0.1) is 11.3 Å². The Morgan fingerprint density at radius 3 is 2.87 bits per heavy atom. The topological polar surface area (TPSA) is 49.4 Å². The van der Waals surface area contributed by atoms with Crippen LogP contribution in [0.4, 0.5) is 5.69 Å². The molecule has 2 amide bonds. The molecular weight excluding hydrogens is 192 g/mol. The highest BCUT2D eigenvalue weighted by molar-refractivity contribution is 6.05. The van der Waals surface area contributed by atoms with Crippen molar-refractivity contribution < 1.29 is 9.59 Å². The Hall–Kier alpha value is -1.84. The zero-order chi connectivity index (χ0) is 10.8. The maximum atomic E-state index is 11.6. The van der Waals surface area contributed by atoms with Gasteiger partial charge in [-0.25, -0.2) is 0 Å². The van der Waals surface area contributed by atoms with E-state index in [0.717, 1.165) is 0 Å². The van der Waals surface area contributed by atoms with Gasteiger partial charge in [0.2, 0.25) is 5.91 Å². The normalized spacial score (nSPS) is 15.3. The van der Waals surface area contributed by atoms with Crippen LogP contribution in [0.2, 0.25) is 0 Å². The van der Waals surface area contributed by atoms with Crippen molar-refractivity contribution in [3.05, 3.63) is 29.8 Å². The van der Waals surface area contributed by atoms with Crippen LogP contribution in [0, 0.1) is 0 Å². The molecular formula is C11H12N2O2. The van der Waals surface area contributed by atoms with Gasteiger partial charge in [0.25, 0.3) is 5.91 Å². The van der Waals surface area contributed by atoms with E-state index in [0.29, 0.717) is 24.3 Å². The summed E-state index contributed by atoms with van der Waals surface area (Å²) in [6.45, 7) is 2.53. The third-order valence-corrected chi connectivity index (χ3v) is 2.44. The molecule has 0 unspecified atom stereocenters. The van der Waals surface area contributed by atoms with E-state index in [2.05, 4.69) is 5.32 Å². The molecule has 0 fully saturated rings. The first kappa shape index (κ1) is 9.71. The first-order chi connectivity index (χ1) is 7.20. The quantitative estimate of drug-likeness (QED) is 0.679. The van der Waals surface area contributed by atoms with Gasteiger partial charge in [-0.1, -0.05) is 12.1 Å². The molecule has 4 nitrogen and oxygen atoms in total. The van der Waals surface area contributed by atoms with E-state index in [1.54, 1.807) is 23.1 Å². The van der Waals surface area contributed by atoms with E-state index in [4.69, 9.17) is 0 Å². The van der Waals surface area contributed by atoms with Crippen LogP contribution in [0.15, 0.2) is 24.3 Å². The van der Waals surface area contributed by atoms with Gasteiger partial charge < -0.3 is 10.2 Å². The lowest BCUT2D eigenvalue weighted by molar-refractivity contribution is -0.116. The largest absolute Gasteiger partial charge is 0.350 e. The first-order valence-electron chi connectivity index (χ1n) is 4.85. The molecule has 1 heterocycles. The number of hydrogen-bond acceptors (Lipinski definition) is 2. The molecule has 1 aromatic rings. The van der Waals surface area contributed by atoms with Crippen LogP contribution in [0.25, 0.3) is 0 Å². The molecule has 4 heteroatoms. The monoisotopic (exact) mass is 204 g/mol. The van der Waals surface area contributed by atoms with Crippen LogP contribution in [-0.2, 0) is 4.79 Å². The molecule has 15 heavy (non-hydrogen) atoms. The molecule has 1 N–H and O–H groups in total. The Kier molecular flexibility index (Phi) is 2.41. The standard InChI is InChI=1S/C11H12N2O2/c1-8(14)13-7-6-12-11(15)9-4-2-3-5-10(9)13/h2-5H,6-7H2,1H3,(H,12,15). The predicted molar refractivity (Wildman–Crippen MR) is 56.8 cm³/mol. The van der Waals surface area contributed by atoms with Gasteiger partial charge >= 0.3 is 0 Å². The maximum Gasteiger partial charge on any atom is 0.253 e. The van der Waals surface area contributed by atoms with Crippen LogP contribution in [-0.4, -0.2) is 24.9 Å². The highest BCUT2D eigenvalue weighted by Crippen LogP contribution is 2.21. The van der Waals surface area contributed by atoms with Crippen LogP contribution in [0.5, 0.6) is 0 Å². The minimum absolute atomic E-state index is 0.0426. The number of nitrogens with zero attached hydrogens (tertiary/aromatic N) is 1. The zero-order valence-electron chi connectivity index (χ0n) is 8.49. The van der Waals surface area contributed by atoms with Crippen LogP contribution >= 0.6 is 0 Å². The van der Waals surface area contributed by atoms with Crippen molar-refractivity contribution in [2.75, 3.05) is 18.0 Å². The lowest BCUT2D eigenvalue weighted by Gasteiger charge is -2.19. The molecule has 0 aliphatic carbocycles. The Morgan fingerprint density at radius 1 is 1.40 bits per heavy atom. The Bertz CT molecular complexity index is 415. The third-order valence-electron chi connectivity index (χ3n) is 2.44. The third kappa shape index (κ3) is 1.70. The number of carbonyl (C=O) groups excluding carboxylic acids is 2. The van der Waals surface area contributed by atoms with Crippen LogP contribution in [0.1, 0.15) is 17.3 Å². The summed E-state index contributed by atoms with van der Waals surface area (Å²) in [4.78, 5) is 24.7. The van der Waals surface area contributed by atoms with Gasteiger partial charge in [-0.05, 0) is 12.1 Å². The van der Waals surface area contributed by atoms with Crippen molar-refractivity contribution in [1.82, 2.24) is 5.32 Å². The summed E-state index contributed by atoms with van der Waals surface area (Å²) in [5.74, 6) is -0.159. The zero-order valence-corrected chi connectivity index (χ0v) is 8.49. The Balaban J connectivity index is 2.52. The highest BCUT2D eigenvalue weighted by Gasteiger charge is 2.21. The summed E-state index contributed by atoms with van der Waals surface area (Å²) in [7, 11) is 0. The molecule has 0 aromatic heterocycles. The second-order valence-corrected chi connectivity index (χ2v) is 3.44. The van der Waals surface area contributed by atoms with E-state index in [1.165, 1.54) is 6.92 Å². The minimum Gasteiger partial charge on any atom is -0.350 e. The van der Waals surface area contributed by atoms with Crippen molar-refractivity contribution in [3.63, 3.8) is 0 Å². The molecule has 78 valence electrons. The molecule has 2 rings (SSSR count). The lowest BCUT2D eigenvalue weighted by Crippen LogP contribution is -2.33. The highest BCUT2D eigenvalue weighted by atomic mass is 16.2. The van der Waals surface area contributed by atoms with Crippen LogP contribution < -0.4 is 10.2 Å². The second-order valence-electron chi connectivity index (χ2n) is 3.44. The van der Waals surface area contributed by atoms with Gasteiger partial charge in [0, 0.05) is 20.0 Å². The summed E-state index contributed by atoms with van der Waals surface area (Å²) in [6, 6.07) is 7.14. The average Bonchev–Trinajstić information content (AvgIpc) is 2.39. The number of amides is 2. The maximum absolute atomic E-state index is 11.6. The van der Waals surface area contributed by atoms with E-state index < -0.39 is 0 Å². The molecule has 0 radical (unpaired) electrons. The fraction of sp³-hybridized carbons (Fsp3) is 0.273. The SMILES string of the molecule is CC(=O)N1CCNC(=O)c2ccccc21. The average molecular weight is 204 g/mol. The molecule has 0 spiro atoms. The predicted octanol–water partition coefficient (Wildman–Crippen LogP) is 0.783. The van der Waals surface area contributed by atoms with E-state index in [9.17, 15) is 9.59 Å². The number of nitrogens with one attached hydrogen (secondary N) is 1. The Morgan fingerprint density at radius 2 is 2.13 bits per heavy atom. The molecule has 1 aromatic carbocycles. The number of para-hydroxylation sites is 1. The van der Waals surface area contributed by atoms with E-state index in [1.807, 2.05) is 6.07 Å². The van der Waals surface area contributed by atoms with Crippen molar-refractivity contribution in [2.24, 2.45) is 0 Å². The number of fused-ring (bicyclic) bond motifs is 1. The molecule has 0 atom stereocenters.